The van der Waals surface area contributed by atoms with E-state index < -0.39 is 40.8 Å². The molecular formula is C38H30N4O6. The van der Waals surface area contributed by atoms with E-state index in [4.69, 9.17) is 9.47 Å². The maximum absolute atomic E-state index is 14.7. The van der Waals surface area contributed by atoms with Crippen LogP contribution in [0.4, 0.5) is 4.79 Å². The molecule has 1 saturated heterocycles. The van der Waals surface area contributed by atoms with Gasteiger partial charge < -0.3 is 14.5 Å². The molecular weight excluding hydrogens is 608 g/mol. The average molecular weight is 639 g/mol. The van der Waals surface area contributed by atoms with Gasteiger partial charge in [-0.25, -0.2) is 9.59 Å². The van der Waals surface area contributed by atoms with Crippen LogP contribution >= 0.6 is 0 Å². The number of urea groups is 1. The number of hydrogen-bond donors (Lipinski definition) is 3. The molecule has 238 valence electrons. The number of H-pyrrole nitrogens is 1. The molecule has 5 aromatic rings. The SMILES string of the molecule is COc1ccc(/C=C2\c3nc(=O)[nH]c(-c4ccc(OC)cc4)c3C(c3ccccc3)C3(C(=O)NC(=O)NC3=O)C2c2ccccc2)cc1. The number of nitrogens with zero attached hydrogens (tertiary/aromatic N) is 1. The van der Waals surface area contributed by atoms with Gasteiger partial charge >= 0.3 is 11.7 Å². The lowest BCUT2D eigenvalue weighted by atomic mass is 9.52. The molecule has 1 aromatic heterocycles. The van der Waals surface area contributed by atoms with Gasteiger partial charge in [0.2, 0.25) is 11.8 Å². The van der Waals surface area contributed by atoms with Crippen LogP contribution in [0.3, 0.4) is 0 Å². The van der Waals surface area contributed by atoms with Crippen LogP contribution in [0.25, 0.3) is 22.9 Å². The average Bonchev–Trinajstić information content (AvgIpc) is 3.11. The molecule has 10 nitrogen and oxygen atoms in total. The number of carbonyl (C=O) groups excluding carboxylic acids is 3. The van der Waals surface area contributed by atoms with E-state index in [-0.39, 0.29) is 0 Å². The Labute approximate surface area is 275 Å². The van der Waals surface area contributed by atoms with Gasteiger partial charge in [0.25, 0.3) is 0 Å². The maximum atomic E-state index is 14.7. The number of imide groups is 2. The number of aromatic amines is 1. The minimum absolute atomic E-state index is 0.325. The fraction of sp³-hybridized carbons (Fsp3) is 0.132. The van der Waals surface area contributed by atoms with Crippen LogP contribution in [-0.4, -0.2) is 42.0 Å². The van der Waals surface area contributed by atoms with Crippen molar-refractivity contribution in [2.45, 2.75) is 11.8 Å². The van der Waals surface area contributed by atoms with Gasteiger partial charge in [0.15, 0.2) is 5.41 Å². The Morgan fingerprint density at radius 2 is 1.19 bits per heavy atom. The van der Waals surface area contributed by atoms with Crippen LogP contribution in [0.1, 0.15) is 39.8 Å². The van der Waals surface area contributed by atoms with Crippen molar-refractivity contribution in [2.75, 3.05) is 14.2 Å². The lowest BCUT2D eigenvalue weighted by Crippen LogP contribution is -2.67. The second-order valence-corrected chi connectivity index (χ2v) is 11.6. The van der Waals surface area contributed by atoms with Gasteiger partial charge in [-0.1, -0.05) is 72.8 Å². The zero-order valence-corrected chi connectivity index (χ0v) is 26.0. The van der Waals surface area contributed by atoms with Crippen LogP contribution in [0, 0.1) is 5.41 Å². The molecule has 2 heterocycles. The zero-order valence-electron chi connectivity index (χ0n) is 26.0. The monoisotopic (exact) mass is 638 g/mol. The number of aromatic nitrogens is 2. The second-order valence-electron chi connectivity index (χ2n) is 11.6. The highest BCUT2D eigenvalue weighted by Crippen LogP contribution is 2.62. The van der Waals surface area contributed by atoms with Crippen molar-refractivity contribution in [3.63, 3.8) is 0 Å². The van der Waals surface area contributed by atoms with Gasteiger partial charge in [0.05, 0.1) is 25.6 Å². The third-order valence-corrected chi connectivity index (χ3v) is 9.04. The van der Waals surface area contributed by atoms with Crippen molar-refractivity contribution in [1.29, 1.82) is 0 Å². The first kappa shape index (κ1) is 30.4. The molecule has 1 fully saturated rings. The summed E-state index contributed by atoms with van der Waals surface area (Å²) in [6, 6.07) is 31.7. The summed E-state index contributed by atoms with van der Waals surface area (Å²) in [7, 11) is 3.13. The number of ether oxygens (including phenoxy) is 2. The normalized spacial score (nSPS) is 19.0. The highest BCUT2D eigenvalue weighted by molar-refractivity contribution is 6.23. The number of methoxy groups -OCH3 is 2. The molecule has 48 heavy (non-hydrogen) atoms. The summed E-state index contributed by atoms with van der Waals surface area (Å²) in [6.07, 6.45) is 1.83. The predicted molar refractivity (Wildman–Crippen MR) is 179 cm³/mol. The minimum Gasteiger partial charge on any atom is -0.497 e. The number of barbiturate groups is 1. The van der Waals surface area contributed by atoms with Gasteiger partial charge in [-0.15, -0.1) is 0 Å². The number of allylic oxidation sites excluding steroid dienone is 1. The highest BCUT2D eigenvalue weighted by atomic mass is 16.5. The van der Waals surface area contributed by atoms with Crippen molar-refractivity contribution < 1.29 is 23.9 Å². The van der Waals surface area contributed by atoms with Gasteiger partial charge in [-0.2, -0.15) is 4.98 Å². The summed E-state index contributed by atoms with van der Waals surface area (Å²) in [4.78, 5) is 63.1. The molecule has 1 spiro atoms. The van der Waals surface area contributed by atoms with Crippen molar-refractivity contribution in [1.82, 2.24) is 20.6 Å². The van der Waals surface area contributed by atoms with Crippen molar-refractivity contribution >= 4 is 29.5 Å². The van der Waals surface area contributed by atoms with Gasteiger partial charge in [0.1, 0.15) is 11.5 Å². The van der Waals surface area contributed by atoms with Gasteiger partial charge in [0, 0.05) is 17.4 Å². The molecule has 1 aliphatic heterocycles. The largest absolute Gasteiger partial charge is 0.497 e. The van der Waals surface area contributed by atoms with E-state index in [0.717, 1.165) is 0 Å². The van der Waals surface area contributed by atoms with Crippen LogP contribution in [0.5, 0.6) is 11.5 Å². The summed E-state index contributed by atoms with van der Waals surface area (Å²) < 4.78 is 10.8. The minimum atomic E-state index is -1.96. The Morgan fingerprint density at radius 1 is 0.667 bits per heavy atom. The third kappa shape index (κ3) is 4.94. The molecule has 1 aliphatic carbocycles. The molecule has 3 N–H and O–H groups in total. The number of fused-ring (bicyclic) bond motifs is 1. The van der Waals surface area contributed by atoms with E-state index in [1.807, 2.05) is 78.9 Å². The third-order valence-electron chi connectivity index (χ3n) is 9.04. The van der Waals surface area contributed by atoms with Crippen molar-refractivity contribution in [2.24, 2.45) is 5.41 Å². The molecule has 2 aliphatic rings. The van der Waals surface area contributed by atoms with Crippen molar-refractivity contribution in [3.8, 4) is 22.8 Å². The molecule has 4 aromatic carbocycles. The molecule has 10 heteroatoms. The van der Waals surface area contributed by atoms with E-state index in [1.54, 1.807) is 50.6 Å². The molecule has 2 unspecified atom stereocenters. The smallest absolute Gasteiger partial charge is 0.345 e. The Bertz CT molecular complexity index is 2110. The Hall–Kier alpha value is -6.29. The number of carbonyl (C=O) groups is 3. The predicted octanol–water partition coefficient (Wildman–Crippen LogP) is 5.28. The molecule has 7 rings (SSSR count). The number of hydrogen-bond acceptors (Lipinski definition) is 7. The fourth-order valence-electron chi connectivity index (χ4n) is 7.01. The molecule has 4 amide bonds. The summed E-state index contributed by atoms with van der Waals surface area (Å²) in [5.41, 5.74) is 1.61. The molecule has 0 bridgehead atoms. The summed E-state index contributed by atoms with van der Waals surface area (Å²) in [6.45, 7) is 0. The number of amides is 4. The Morgan fingerprint density at radius 3 is 1.73 bits per heavy atom. The quantitative estimate of drug-likeness (QED) is 0.215. The molecule has 0 saturated carbocycles. The number of rotatable bonds is 6. The number of benzene rings is 4. The summed E-state index contributed by atoms with van der Waals surface area (Å²) >= 11 is 0. The van der Waals surface area contributed by atoms with Crippen LogP contribution in [0.15, 0.2) is 114 Å². The Balaban J connectivity index is 1.66. The first-order valence-corrected chi connectivity index (χ1v) is 15.3. The van der Waals surface area contributed by atoms with E-state index in [1.165, 1.54) is 0 Å². The first-order chi connectivity index (χ1) is 23.3. The van der Waals surface area contributed by atoms with Crippen LogP contribution in [-0.2, 0) is 9.59 Å². The second kappa shape index (κ2) is 12.1. The summed E-state index contributed by atoms with van der Waals surface area (Å²) in [5, 5.41) is 4.85. The number of nitrogens with one attached hydrogen (secondary N) is 3. The van der Waals surface area contributed by atoms with E-state index in [9.17, 15) is 19.2 Å². The van der Waals surface area contributed by atoms with Crippen molar-refractivity contribution in [3.05, 3.63) is 148 Å². The topological polar surface area (TPSA) is 139 Å². The standard InChI is InChI=1S/C38H30N4O6/c1-47-26-17-13-22(14-18-26)21-28-30(23-9-5-3-6-10-23)38(34(43)41-37(46)42-35(38)44)31(24-11-7-4-8-12-24)29-32(39-36(45)40-33(28)29)25-15-19-27(48-2)20-16-25/h3-21,30-31H,1-2H3,(H,39,40,45)(H2,41,42,43,44,46)/b28-21-. The van der Waals surface area contributed by atoms with Gasteiger partial charge in [-0.05, 0) is 70.3 Å². The maximum Gasteiger partial charge on any atom is 0.345 e. The van der Waals surface area contributed by atoms with Crippen LogP contribution in [0.2, 0.25) is 0 Å². The molecule has 0 radical (unpaired) electrons. The first-order valence-electron chi connectivity index (χ1n) is 15.3. The highest BCUT2D eigenvalue weighted by Gasteiger charge is 2.65. The molecule has 2 atom stereocenters. The zero-order chi connectivity index (χ0) is 33.4. The Kier molecular flexibility index (Phi) is 7.68. The van der Waals surface area contributed by atoms with E-state index in [0.29, 0.717) is 56.3 Å². The van der Waals surface area contributed by atoms with Crippen LogP contribution < -0.4 is 25.8 Å². The summed E-state index contributed by atoms with van der Waals surface area (Å²) in [5.74, 6) is -2.29. The fourth-order valence-corrected chi connectivity index (χ4v) is 7.01. The van der Waals surface area contributed by atoms with Gasteiger partial charge in [-0.3, -0.25) is 20.2 Å². The van der Waals surface area contributed by atoms with E-state index >= 15 is 0 Å². The van der Waals surface area contributed by atoms with E-state index in [2.05, 4.69) is 20.6 Å². The lowest BCUT2D eigenvalue weighted by Gasteiger charge is -2.50. The lowest BCUT2D eigenvalue weighted by molar-refractivity contribution is -0.146.